The van der Waals surface area contributed by atoms with Gasteiger partial charge < -0.3 is 14.5 Å². The molecule has 0 saturated heterocycles. The number of hydrogen-bond donors (Lipinski definition) is 1. The van der Waals surface area contributed by atoms with Crippen LogP contribution in [0.25, 0.3) is 10.9 Å². The Hall–Kier alpha value is -2.79. The van der Waals surface area contributed by atoms with Crippen LogP contribution in [-0.4, -0.2) is 30.1 Å². The highest BCUT2D eigenvalue weighted by molar-refractivity contribution is 6.31. The Balaban J connectivity index is 2.23. The first kappa shape index (κ1) is 20.0. The first-order valence-electron chi connectivity index (χ1n) is 9.22. The summed E-state index contributed by atoms with van der Waals surface area (Å²) in [7, 11) is 0. The monoisotopic (exact) mass is 399 g/mol. The van der Waals surface area contributed by atoms with Crippen molar-refractivity contribution in [1.82, 2.24) is 4.98 Å². The Morgan fingerprint density at radius 2 is 1.54 bits per heavy atom. The van der Waals surface area contributed by atoms with E-state index in [-0.39, 0.29) is 13.2 Å². The minimum Gasteiger partial charge on any atom is -0.465 e. The Kier molecular flexibility index (Phi) is 6.37. The minimum absolute atomic E-state index is 0.165. The van der Waals surface area contributed by atoms with E-state index in [0.717, 1.165) is 16.5 Å². The Labute approximate surface area is 168 Å². The van der Waals surface area contributed by atoms with Crippen molar-refractivity contribution in [2.75, 3.05) is 13.2 Å². The zero-order valence-electron chi connectivity index (χ0n) is 15.8. The molecule has 0 spiro atoms. The molecule has 5 nitrogen and oxygen atoms in total. The largest absolute Gasteiger partial charge is 0.465 e. The number of halogens is 1. The minimum atomic E-state index is -1.17. The van der Waals surface area contributed by atoms with E-state index >= 15 is 0 Å². The molecule has 0 radical (unpaired) electrons. The fourth-order valence-electron chi connectivity index (χ4n) is 3.44. The van der Waals surface area contributed by atoms with Crippen molar-refractivity contribution < 1.29 is 19.1 Å². The fraction of sp³-hybridized carbons (Fsp3) is 0.273. The fourth-order valence-corrected chi connectivity index (χ4v) is 3.69. The van der Waals surface area contributed by atoms with Gasteiger partial charge in [0.15, 0.2) is 5.92 Å². The zero-order chi connectivity index (χ0) is 20.1. The molecule has 0 unspecified atom stereocenters. The second-order valence-corrected chi connectivity index (χ2v) is 6.68. The maximum absolute atomic E-state index is 12.8. The van der Waals surface area contributed by atoms with Gasteiger partial charge in [-0.05, 0) is 37.1 Å². The average Bonchev–Trinajstić information content (AvgIpc) is 3.11. The van der Waals surface area contributed by atoms with Gasteiger partial charge in [0.05, 0.1) is 13.2 Å². The molecule has 28 heavy (non-hydrogen) atoms. The molecule has 0 saturated carbocycles. The second-order valence-electron chi connectivity index (χ2n) is 6.27. The molecular weight excluding hydrogens is 378 g/mol. The molecule has 0 aliphatic heterocycles. The maximum atomic E-state index is 12.8. The van der Waals surface area contributed by atoms with E-state index in [1.807, 2.05) is 48.7 Å². The predicted molar refractivity (Wildman–Crippen MR) is 108 cm³/mol. The first-order valence-corrected chi connectivity index (χ1v) is 9.60. The molecule has 1 atom stereocenters. The number of carbonyl (C=O) groups is 2. The van der Waals surface area contributed by atoms with Crippen LogP contribution in [0.5, 0.6) is 0 Å². The number of nitrogens with one attached hydrogen (secondary N) is 1. The number of aromatic nitrogens is 1. The van der Waals surface area contributed by atoms with E-state index in [0.29, 0.717) is 10.6 Å². The smallest absolute Gasteiger partial charge is 0.321 e. The van der Waals surface area contributed by atoms with E-state index in [1.165, 1.54) is 0 Å². The number of carbonyl (C=O) groups excluding carboxylic acids is 2. The molecular formula is C22H22ClNO4. The van der Waals surface area contributed by atoms with Crippen molar-refractivity contribution in [2.24, 2.45) is 5.92 Å². The highest BCUT2D eigenvalue weighted by Crippen LogP contribution is 2.40. The van der Waals surface area contributed by atoms with Crippen molar-refractivity contribution in [3.63, 3.8) is 0 Å². The van der Waals surface area contributed by atoms with Crippen LogP contribution in [0.15, 0.2) is 54.7 Å². The van der Waals surface area contributed by atoms with Gasteiger partial charge in [-0.15, -0.1) is 0 Å². The topological polar surface area (TPSA) is 68.4 Å². The van der Waals surface area contributed by atoms with Gasteiger partial charge in [0.1, 0.15) is 0 Å². The van der Waals surface area contributed by atoms with E-state index in [1.54, 1.807) is 19.9 Å². The molecule has 146 valence electrons. The molecule has 3 aromatic rings. The van der Waals surface area contributed by atoms with Gasteiger partial charge in [0, 0.05) is 28.0 Å². The molecule has 1 N–H and O–H groups in total. The first-order chi connectivity index (χ1) is 13.6. The summed E-state index contributed by atoms with van der Waals surface area (Å²) in [6.45, 7) is 3.74. The lowest BCUT2D eigenvalue weighted by atomic mass is 9.80. The van der Waals surface area contributed by atoms with Crippen LogP contribution in [0.2, 0.25) is 5.02 Å². The van der Waals surface area contributed by atoms with Gasteiger partial charge in [-0.25, -0.2) is 0 Å². The number of benzene rings is 2. The van der Waals surface area contributed by atoms with Crippen LogP contribution >= 0.6 is 11.6 Å². The van der Waals surface area contributed by atoms with Gasteiger partial charge in [0.2, 0.25) is 0 Å². The number of H-pyrrole nitrogens is 1. The molecule has 0 aliphatic rings. The highest BCUT2D eigenvalue weighted by atomic mass is 35.5. The molecule has 3 rings (SSSR count). The molecule has 2 aromatic carbocycles. The molecule has 1 aromatic heterocycles. The average molecular weight is 400 g/mol. The van der Waals surface area contributed by atoms with Crippen LogP contribution in [0.4, 0.5) is 0 Å². The summed E-state index contributed by atoms with van der Waals surface area (Å²) in [6, 6.07) is 14.9. The predicted octanol–water partition coefficient (Wildman–Crippen LogP) is 4.70. The van der Waals surface area contributed by atoms with Gasteiger partial charge in [-0.1, -0.05) is 48.0 Å². The van der Waals surface area contributed by atoms with E-state index < -0.39 is 23.8 Å². The number of aromatic amines is 1. The van der Waals surface area contributed by atoms with Crippen LogP contribution < -0.4 is 0 Å². The van der Waals surface area contributed by atoms with E-state index in [4.69, 9.17) is 21.1 Å². The summed E-state index contributed by atoms with van der Waals surface area (Å²) in [5.41, 5.74) is 2.36. The standard InChI is InChI=1S/C22H22ClNO4/c1-3-27-21(25)20(22(26)28-4-2)19(15-10-5-7-11-17(15)23)16-13-24-18-12-8-6-9-14(16)18/h5-13,19-20,24H,3-4H2,1-2H3/t19-/m0/s1. The zero-order valence-corrected chi connectivity index (χ0v) is 16.5. The molecule has 6 heteroatoms. The van der Waals surface area contributed by atoms with Gasteiger partial charge in [0.25, 0.3) is 0 Å². The summed E-state index contributed by atoms with van der Waals surface area (Å²) in [5, 5.41) is 1.38. The summed E-state index contributed by atoms with van der Waals surface area (Å²) in [5.74, 6) is -3.07. The summed E-state index contributed by atoms with van der Waals surface area (Å²) in [4.78, 5) is 28.9. The summed E-state index contributed by atoms with van der Waals surface area (Å²) >= 11 is 6.48. The van der Waals surface area contributed by atoms with Crippen LogP contribution in [0.3, 0.4) is 0 Å². The summed E-state index contributed by atoms with van der Waals surface area (Å²) in [6.07, 6.45) is 1.81. The van der Waals surface area contributed by atoms with Crippen molar-refractivity contribution in [2.45, 2.75) is 19.8 Å². The number of rotatable bonds is 7. The number of para-hydroxylation sites is 1. The van der Waals surface area contributed by atoms with E-state index in [2.05, 4.69) is 4.98 Å². The maximum Gasteiger partial charge on any atom is 0.321 e. The van der Waals surface area contributed by atoms with Crippen molar-refractivity contribution in [1.29, 1.82) is 0 Å². The number of fused-ring (bicyclic) bond motifs is 1. The third-order valence-corrected chi connectivity index (χ3v) is 4.96. The van der Waals surface area contributed by atoms with E-state index in [9.17, 15) is 9.59 Å². The third-order valence-electron chi connectivity index (χ3n) is 4.61. The highest BCUT2D eigenvalue weighted by Gasteiger charge is 2.41. The van der Waals surface area contributed by atoms with Gasteiger partial charge >= 0.3 is 11.9 Å². The number of hydrogen-bond acceptors (Lipinski definition) is 4. The van der Waals surface area contributed by atoms with Crippen molar-refractivity contribution in [3.05, 3.63) is 70.9 Å². The Morgan fingerprint density at radius 3 is 2.18 bits per heavy atom. The Bertz CT molecular complexity index is 963. The molecule has 0 fully saturated rings. The number of ether oxygens (including phenoxy) is 2. The quantitative estimate of drug-likeness (QED) is 0.462. The molecule has 0 bridgehead atoms. The SMILES string of the molecule is CCOC(=O)C(C(=O)OCC)[C@@H](c1ccccc1Cl)c1c[nH]c2ccccc12. The van der Waals surface area contributed by atoms with Gasteiger partial charge in [-0.2, -0.15) is 0 Å². The second kappa shape index (κ2) is 8.93. The Morgan fingerprint density at radius 1 is 0.929 bits per heavy atom. The van der Waals surface area contributed by atoms with Crippen LogP contribution in [0, 0.1) is 5.92 Å². The molecule has 0 aliphatic carbocycles. The van der Waals surface area contributed by atoms with Gasteiger partial charge in [-0.3, -0.25) is 9.59 Å². The normalized spacial score (nSPS) is 12.1. The van der Waals surface area contributed by atoms with Crippen molar-refractivity contribution >= 4 is 34.4 Å². The lowest BCUT2D eigenvalue weighted by Crippen LogP contribution is -2.34. The van der Waals surface area contributed by atoms with Crippen LogP contribution in [-0.2, 0) is 19.1 Å². The number of esters is 2. The lowest BCUT2D eigenvalue weighted by Gasteiger charge is -2.25. The summed E-state index contributed by atoms with van der Waals surface area (Å²) < 4.78 is 10.5. The van der Waals surface area contributed by atoms with Crippen LogP contribution in [0.1, 0.15) is 30.9 Å². The third kappa shape index (κ3) is 3.90. The molecule has 0 amide bonds. The molecule has 1 heterocycles. The van der Waals surface area contributed by atoms with Crippen molar-refractivity contribution in [3.8, 4) is 0 Å². The lowest BCUT2D eigenvalue weighted by molar-refractivity contribution is -0.162.